The molecule has 2 rings (SSSR count). The molecule has 0 bridgehead atoms. The molecular weight excluding hydrogens is 268 g/mol. The molecule has 0 unspecified atom stereocenters. The molecule has 1 aliphatic heterocycles. The van der Waals surface area contributed by atoms with Gasteiger partial charge in [-0.25, -0.2) is 4.98 Å². The minimum absolute atomic E-state index is 0.0887. The van der Waals surface area contributed by atoms with Gasteiger partial charge in [-0.05, 0) is 22.0 Å². The highest BCUT2D eigenvalue weighted by molar-refractivity contribution is 9.10. The van der Waals surface area contributed by atoms with Crippen LogP contribution >= 0.6 is 27.7 Å². The first-order valence-corrected chi connectivity index (χ1v) is 5.57. The van der Waals surface area contributed by atoms with E-state index in [1.165, 1.54) is 11.8 Å². The molecule has 0 aliphatic carbocycles. The molecule has 2 heterocycles. The minimum atomic E-state index is -0.0887. The molecule has 0 atom stereocenters. The Kier molecular flexibility index (Phi) is 2.56. The van der Waals surface area contributed by atoms with Gasteiger partial charge in [-0.3, -0.25) is 9.59 Å². The Morgan fingerprint density at radius 1 is 1.64 bits per heavy atom. The van der Waals surface area contributed by atoms with Crippen molar-refractivity contribution in [3.05, 3.63) is 16.2 Å². The molecule has 1 aliphatic rings. The van der Waals surface area contributed by atoms with Crippen LogP contribution < -0.4 is 5.32 Å². The number of hydrogen-bond acceptors (Lipinski definition) is 4. The number of pyridine rings is 1. The summed E-state index contributed by atoms with van der Waals surface area (Å²) in [5, 5.41) is 2.61. The van der Waals surface area contributed by atoms with E-state index in [0.717, 1.165) is 4.90 Å². The van der Waals surface area contributed by atoms with Gasteiger partial charge in [0.25, 0.3) is 0 Å². The van der Waals surface area contributed by atoms with E-state index in [0.29, 0.717) is 28.0 Å². The van der Waals surface area contributed by atoms with Gasteiger partial charge in [0, 0.05) is 4.47 Å². The molecule has 0 saturated carbocycles. The lowest BCUT2D eigenvalue weighted by Crippen LogP contribution is -2.20. The zero-order chi connectivity index (χ0) is 10.1. The Morgan fingerprint density at radius 3 is 3.14 bits per heavy atom. The van der Waals surface area contributed by atoms with Crippen molar-refractivity contribution in [1.29, 1.82) is 0 Å². The number of carbonyl (C=O) groups excluding carboxylic acids is 2. The van der Waals surface area contributed by atoms with Crippen molar-refractivity contribution < 1.29 is 9.59 Å². The first-order chi connectivity index (χ1) is 6.70. The predicted molar refractivity (Wildman–Crippen MR) is 56.7 cm³/mol. The van der Waals surface area contributed by atoms with E-state index in [1.54, 1.807) is 6.07 Å². The van der Waals surface area contributed by atoms with Crippen LogP contribution in [0.3, 0.4) is 0 Å². The number of nitrogens with one attached hydrogen (secondary N) is 1. The molecule has 0 fully saturated rings. The number of aromatic nitrogens is 1. The van der Waals surface area contributed by atoms with Crippen molar-refractivity contribution in [2.24, 2.45) is 0 Å². The quantitative estimate of drug-likeness (QED) is 0.791. The molecule has 14 heavy (non-hydrogen) atoms. The predicted octanol–water partition coefficient (Wildman–Crippen LogP) is 1.70. The van der Waals surface area contributed by atoms with Crippen LogP contribution in [0.15, 0.2) is 15.4 Å². The number of fused-ring (bicyclic) bond motifs is 1. The van der Waals surface area contributed by atoms with E-state index < -0.39 is 0 Å². The zero-order valence-corrected chi connectivity index (χ0v) is 9.31. The van der Waals surface area contributed by atoms with Crippen molar-refractivity contribution in [3.8, 4) is 0 Å². The van der Waals surface area contributed by atoms with Gasteiger partial charge in [0.15, 0.2) is 6.29 Å². The molecule has 1 aromatic rings. The second kappa shape index (κ2) is 3.70. The number of nitrogens with zero attached hydrogens (tertiary/aromatic N) is 1. The monoisotopic (exact) mass is 272 g/mol. The molecule has 1 aromatic heterocycles. The molecule has 0 radical (unpaired) electrons. The summed E-state index contributed by atoms with van der Waals surface area (Å²) in [6.07, 6.45) is 0.649. The SMILES string of the molecule is O=Cc1nc2c(cc1Br)SCC(=O)N2. The first-order valence-electron chi connectivity index (χ1n) is 3.79. The Hall–Kier alpha value is -0.880. The number of rotatable bonds is 1. The first kappa shape index (κ1) is 9.67. The van der Waals surface area contributed by atoms with E-state index in [2.05, 4.69) is 26.2 Å². The van der Waals surface area contributed by atoms with Gasteiger partial charge in [-0.2, -0.15) is 0 Å². The van der Waals surface area contributed by atoms with Crippen LogP contribution in [-0.2, 0) is 4.79 Å². The topological polar surface area (TPSA) is 59.1 Å². The average Bonchev–Trinajstić information content (AvgIpc) is 2.17. The Balaban J connectivity index is 2.51. The van der Waals surface area contributed by atoms with Crippen molar-refractivity contribution in [2.45, 2.75) is 4.90 Å². The number of thioether (sulfide) groups is 1. The highest BCUT2D eigenvalue weighted by Crippen LogP contribution is 2.32. The van der Waals surface area contributed by atoms with Crippen LogP contribution in [0.5, 0.6) is 0 Å². The van der Waals surface area contributed by atoms with Gasteiger partial charge in [-0.15, -0.1) is 11.8 Å². The van der Waals surface area contributed by atoms with E-state index in [-0.39, 0.29) is 5.91 Å². The van der Waals surface area contributed by atoms with Crippen molar-refractivity contribution in [1.82, 2.24) is 4.98 Å². The van der Waals surface area contributed by atoms with E-state index >= 15 is 0 Å². The fraction of sp³-hybridized carbons (Fsp3) is 0.125. The molecule has 0 aromatic carbocycles. The molecule has 1 N–H and O–H groups in total. The summed E-state index contributed by atoms with van der Waals surface area (Å²) in [6, 6.07) is 1.79. The van der Waals surface area contributed by atoms with Gasteiger partial charge in [0.1, 0.15) is 11.5 Å². The van der Waals surface area contributed by atoms with E-state index in [1.807, 2.05) is 0 Å². The smallest absolute Gasteiger partial charge is 0.235 e. The molecule has 1 amide bonds. The maximum absolute atomic E-state index is 11.0. The highest BCUT2D eigenvalue weighted by atomic mass is 79.9. The van der Waals surface area contributed by atoms with Crippen LogP contribution in [0.2, 0.25) is 0 Å². The number of anilines is 1. The van der Waals surface area contributed by atoms with Crippen LogP contribution in [0.4, 0.5) is 5.82 Å². The number of hydrogen-bond donors (Lipinski definition) is 1. The number of aldehydes is 1. The maximum atomic E-state index is 11.0. The van der Waals surface area contributed by atoms with Gasteiger partial charge >= 0.3 is 0 Å². The van der Waals surface area contributed by atoms with Crippen LogP contribution in [0, 0.1) is 0 Å². The largest absolute Gasteiger partial charge is 0.309 e. The summed E-state index contributed by atoms with van der Waals surface area (Å²) in [4.78, 5) is 26.5. The van der Waals surface area contributed by atoms with Gasteiger partial charge in [0.05, 0.1) is 10.6 Å². The third-order valence-corrected chi connectivity index (χ3v) is 3.36. The Bertz CT molecular complexity index is 422. The van der Waals surface area contributed by atoms with Crippen LogP contribution in [0.25, 0.3) is 0 Å². The zero-order valence-electron chi connectivity index (χ0n) is 6.91. The molecular formula is C8H5BrN2O2S. The lowest BCUT2D eigenvalue weighted by Gasteiger charge is -2.15. The second-order valence-electron chi connectivity index (χ2n) is 2.66. The second-order valence-corrected chi connectivity index (χ2v) is 4.53. The summed E-state index contributed by atoms with van der Waals surface area (Å²) < 4.78 is 0.648. The number of amides is 1. The van der Waals surface area contributed by atoms with Crippen molar-refractivity contribution >= 4 is 45.7 Å². The fourth-order valence-corrected chi connectivity index (χ4v) is 2.44. The summed E-state index contributed by atoms with van der Waals surface area (Å²) in [5.74, 6) is 0.771. The van der Waals surface area contributed by atoms with Gasteiger partial charge < -0.3 is 5.32 Å². The lowest BCUT2D eigenvalue weighted by molar-refractivity contribution is -0.113. The minimum Gasteiger partial charge on any atom is -0.309 e. The Labute approximate surface area is 92.6 Å². The summed E-state index contributed by atoms with van der Waals surface area (Å²) in [6.45, 7) is 0. The molecule has 72 valence electrons. The standard InChI is InChI=1S/C8H5BrN2O2S/c9-4-1-6-8(10-5(4)2-12)11-7(13)3-14-6/h1-2H,3H2,(H,10,11,13). The lowest BCUT2D eigenvalue weighted by atomic mass is 10.3. The third kappa shape index (κ3) is 1.67. The summed E-state index contributed by atoms with van der Waals surface area (Å²) in [7, 11) is 0. The van der Waals surface area contributed by atoms with Crippen LogP contribution in [0.1, 0.15) is 10.5 Å². The normalized spacial score (nSPS) is 14.5. The van der Waals surface area contributed by atoms with Crippen molar-refractivity contribution in [3.63, 3.8) is 0 Å². The number of carbonyl (C=O) groups is 2. The number of halogens is 1. The molecule has 4 nitrogen and oxygen atoms in total. The molecule has 0 spiro atoms. The van der Waals surface area contributed by atoms with Crippen molar-refractivity contribution in [2.75, 3.05) is 11.1 Å². The van der Waals surface area contributed by atoms with E-state index in [9.17, 15) is 9.59 Å². The molecule has 6 heteroatoms. The highest BCUT2D eigenvalue weighted by Gasteiger charge is 2.18. The third-order valence-electron chi connectivity index (χ3n) is 1.70. The van der Waals surface area contributed by atoms with E-state index in [4.69, 9.17) is 0 Å². The average molecular weight is 273 g/mol. The Morgan fingerprint density at radius 2 is 2.43 bits per heavy atom. The maximum Gasteiger partial charge on any atom is 0.235 e. The molecule has 0 saturated heterocycles. The fourth-order valence-electron chi connectivity index (χ4n) is 1.08. The van der Waals surface area contributed by atoms with Crippen LogP contribution in [-0.4, -0.2) is 22.9 Å². The van der Waals surface area contributed by atoms with Gasteiger partial charge in [0.2, 0.25) is 5.91 Å². The van der Waals surface area contributed by atoms with Gasteiger partial charge in [-0.1, -0.05) is 0 Å². The summed E-state index contributed by atoms with van der Waals surface area (Å²) in [5.41, 5.74) is 0.298. The summed E-state index contributed by atoms with van der Waals surface area (Å²) >= 11 is 4.64.